The number of aliphatic hydroxyl groups excluding tert-OH is 1. The van der Waals surface area contributed by atoms with E-state index in [4.69, 9.17) is 0 Å². The Morgan fingerprint density at radius 2 is 2.17 bits per heavy atom. The summed E-state index contributed by atoms with van der Waals surface area (Å²) in [5, 5.41) is 13.3. The molecule has 0 aliphatic carbocycles. The maximum Gasteiger partial charge on any atom is 0.264 e. The van der Waals surface area contributed by atoms with Crippen LogP contribution in [0.5, 0.6) is 0 Å². The highest BCUT2D eigenvalue weighted by molar-refractivity contribution is 8.04. The molecule has 0 bridgehead atoms. The van der Waals surface area contributed by atoms with Crippen molar-refractivity contribution in [2.75, 3.05) is 12.3 Å². The van der Waals surface area contributed by atoms with Crippen molar-refractivity contribution < 1.29 is 9.90 Å². The van der Waals surface area contributed by atoms with Crippen LogP contribution in [0.1, 0.15) is 5.56 Å². The third kappa shape index (κ3) is 1.89. The SMILES string of the molecule is O=C1C2=C(NCCS2)C(O)N1Cc1ccccc1. The molecule has 1 aromatic carbocycles. The van der Waals surface area contributed by atoms with Gasteiger partial charge in [0.25, 0.3) is 5.91 Å². The first-order chi connectivity index (χ1) is 8.77. The molecule has 5 heteroatoms. The highest BCUT2D eigenvalue weighted by Gasteiger charge is 2.39. The molecule has 2 N–H and O–H groups in total. The molecule has 18 heavy (non-hydrogen) atoms. The van der Waals surface area contributed by atoms with Crippen molar-refractivity contribution in [3.05, 3.63) is 46.5 Å². The standard InChI is InChI=1S/C13H14N2O2S/c16-12-10-11(18-7-6-14-10)13(17)15(12)8-9-4-2-1-3-5-9/h1-5,12,14,16H,6-8H2. The van der Waals surface area contributed by atoms with Crippen molar-refractivity contribution in [1.82, 2.24) is 10.2 Å². The molecule has 1 atom stereocenters. The van der Waals surface area contributed by atoms with E-state index < -0.39 is 6.23 Å². The van der Waals surface area contributed by atoms with Crippen molar-refractivity contribution in [2.24, 2.45) is 0 Å². The third-order valence-electron chi connectivity index (χ3n) is 3.11. The molecule has 2 heterocycles. The summed E-state index contributed by atoms with van der Waals surface area (Å²) in [6, 6.07) is 9.72. The van der Waals surface area contributed by atoms with E-state index in [1.54, 1.807) is 0 Å². The molecule has 94 valence electrons. The monoisotopic (exact) mass is 262 g/mol. The average molecular weight is 262 g/mol. The zero-order valence-corrected chi connectivity index (χ0v) is 10.6. The second-order valence-electron chi connectivity index (χ2n) is 4.31. The molecule has 0 spiro atoms. The van der Waals surface area contributed by atoms with Gasteiger partial charge in [-0.15, -0.1) is 11.8 Å². The lowest BCUT2D eigenvalue weighted by atomic mass is 10.2. The van der Waals surface area contributed by atoms with Crippen molar-refractivity contribution in [3.8, 4) is 0 Å². The van der Waals surface area contributed by atoms with Crippen LogP contribution >= 0.6 is 11.8 Å². The van der Waals surface area contributed by atoms with Gasteiger partial charge in [-0.2, -0.15) is 0 Å². The van der Waals surface area contributed by atoms with Gasteiger partial charge in [-0.05, 0) is 5.56 Å². The minimum absolute atomic E-state index is 0.0708. The smallest absolute Gasteiger partial charge is 0.264 e. The van der Waals surface area contributed by atoms with E-state index in [1.165, 1.54) is 16.7 Å². The minimum atomic E-state index is -0.833. The second-order valence-corrected chi connectivity index (χ2v) is 5.42. The molecule has 1 amide bonds. The van der Waals surface area contributed by atoms with Gasteiger partial charge in [-0.25, -0.2) is 0 Å². The number of benzene rings is 1. The summed E-state index contributed by atoms with van der Waals surface area (Å²) in [4.78, 5) is 14.4. The number of hydrogen-bond donors (Lipinski definition) is 2. The van der Waals surface area contributed by atoms with Crippen molar-refractivity contribution in [1.29, 1.82) is 0 Å². The maximum absolute atomic E-state index is 12.2. The zero-order chi connectivity index (χ0) is 12.5. The number of nitrogens with one attached hydrogen (secondary N) is 1. The fourth-order valence-corrected chi connectivity index (χ4v) is 3.20. The van der Waals surface area contributed by atoms with Gasteiger partial charge in [0.05, 0.1) is 10.6 Å². The second kappa shape index (κ2) is 4.66. The normalized spacial score (nSPS) is 23.1. The van der Waals surface area contributed by atoms with E-state index in [0.29, 0.717) is 17.1 Å². The van der Waals surface area contributed by atoms with Crippen LogP contribution < -0.4 is 5.32 Å². The Balaban J connectivity index is 1.82. The Hall–Kier alpha value is -1.46. The van der Waals surface area contributed by atoms with E-state index in [2.05, 4.69) is 5.32 Å². The first-order valence-electron chi connectivity index (χ1n) is 5.91. The zero-order valence-electron chi connectivity index (χ0n) is 9.80. The first-order valence-corrected chi connectivity index (χ1v) is 6.90. The quantitative estimate of drug-likeness (QED) is 0.831. The van der Waals surface area contributed by atoms with Crippen molar-refractivity contribution in [2.45, 2.75) is 12.8 Å². The molecular formula is C13H14N2O2S. The Morgan fingerprint density at radius 3 is 2.89 bits per heavy atom. The van der Waals surface area contributed by atoms with E-state index in [1.807, 2.05) is 30.3 Å². The van der Waals surface area contributed by atoms with Gasteiger partial charge in [0, 0.05) is 18.8 Å². The number of hydrogen-bond acceptors (Lipinski definition) is 4. The summed E-state index contributed by atoms with van der Waals surface area (Å²) < 4.78 is 0. The molecule has 4 nitrogen and oxygen atoms in total. The van der Waals surface area contributed by atoms with Crippen LogP contribution in [0.15, 0.2) is 40.9 Å². The number of rotatable bonds is 2. The molecule has 1 unspecified atom stereocenters. The molecule has 3 rings (SSSR count). The molecule has 2 aliphatic heterocycles. The molecule has 2 aliphatic rings. The summed E-state index contributed by atoms with van der Waals surface area (Å²) in [5.41, 5.74) is 1.70. The molecule has 0 radical (unpaired) electrons. The van der Waals surface area contributed by atoms with Crippen LogP contribution in [0.2, 0.25) is 0 Å². The number of nitrogens with zero attached hydrogens (tertiary/aromatic N) is 1. The Bertz CT molecular complexity index is 501. The predicted molar refractivity (Wildman–Crippen MR) is 70.5 cm³/mol. The Morgan fingerprint density at radius 1 is 1.39 bits per heavy atom. The van der Waals surface area contributed by atoms with E-state index in [-0.39, 0.29) is 5.91 Å². The topological polar surface area (TPSA) is 52.6 Å². The lowest BCUT2D eigenvalue weighted by Gasteiger charge is -2.22. The Labute approximate surface area is 110 Å². The van der Waals surface area contributed by atoms with Crippen LogP contribution in [-0.4, -0.2) is 34.4 Å². The summed E-state index contributed by atoms with van der Waals surface area (Å²) >= 11 is 1.53. The lowest BCUT2D eigenvalue weighted by Crippen LogP contribution is -2.37. The number of carbonyl (C=O) groups is 1. The minimum Gasteiger partial charge on any atom is -0.383 e. The molecule has 1 aromatic rings. The van der Waals surface area contributed by atoms with Gasteiger partial charge in [0.2, 0.25) is 0 Å². The fraction of sp³-hybridized carbons (Fsp3) is 0.308. The van der Waals surface area contributed by atoms with Crippen LogP contribution in [0.4, 0.5) is 0 Å². The van der Waals surface area contributed by atoms with E-state index >= 15 is 0 Å². The van der Waals surface area contributed by atoms with Gasteiger partial charge in [0.1, 0.15) is 0 Å². The number of aliphatic hydroxyl groups is 1. The fourth-order valence-electron chi connectivity index (χ4n) is 2.22. The van der Waals surface area contributed by atoms with Crippen LogP contribution in [0, 0.1) is 0 Å². The van der Waals surface area contributed by atoms with Crippen LogP contribution in [0.25, 0.3) is 0 Å². The first kappa shape index (κ1) is 11.6. The molecule has 0 saturated heterocycles. The van der Waals surface area contributed by atoms with Gasteiger partial charge < -0.3 is 15.3 Å². The Kier molecular flexibility index (Phi) is 3.01. The average Bonchev–Trinajstić information content (AvgIpc) is 2.66. The summed E-state index contributed by atoms with van der Waals surface area (Å²) in [6.07, 6.45) is -0.833. The van der Waals surface area contributed by atoms with E-state index in [9.17, 15) is 9.90 Å². The summed E-state index contributed by atoms with van der Waals surface area (Å²) in [7, 11) is 0. The third-order valence-corrected chi connectivity index (χ3v) is 4.20. The van der Waals surface area contributed by atoms with Crippen molar-refractivity contribution >= 4 is 17.7 Å². The van der Waals surface area contributed by atoms with E-state index in [0.717, 1.165) is 17.9 Å². The number of amides is 1. The molecular weight excluding hydrogens is 248 g/mol. The van der Waals surface area contributed by atoms with Crippen LogP contribution in [-0.2, 0) is 11.3 Å². The summed E-state index contributed by atoms with van der Waals surface area (Å²) in [5.74, 6) is 0.801. The highest BCUT2D eigenvalue weighted by Crippen LogP contribution is 2.34. The lowest BCUT2D eigenvalue weighted by molar-refractivity contribution is -0.132. The van der Waals surface area contributed by atoms with Gasteiger partial charge in [-0.3, -0.25) is 4.79 Å². The van der Waals surface area contributed by atoms with Gasteiger partial charge >= 0.3 is 0 Å². The largest absolute Gasteiger partial charge is 0.383 e. The molecule has 0 aromatic heterocycles. The number of carbonyl (C=O) groups excluding carboxylic acids is 1. The summed E-state index contributed by atoms with van der Waals surface area (Å²) in [6.45, 7) is 1.24. The van der Waals surface area contributed by atoms with Crippen molar-refractivity contribution in [3.63, 3.8) is 0 Å². The molecule has 0 fully saturated rings. The highest BCUT2D eigenvalue weighted by atomic mass is 32.2. The predicted octanol–water partition coefficient (Wildman–Crippen LogP) is 0.895. The number of thioether (sulfide) groups is 1. The maximum atomic E-state index is 12.2. The molecule has 0 saturated carbocycles. The van der Waals surface area contributed by atoms with Gasteiger partial charge in [0.15, 0.2) is 6.23 Å². The van der Waals surface area contributed by atoms with Crippen LogP contribution in [0.3, 0.4) is 0 Å². The van der Waals surface area contributed by atoms with Gasteiger partial charge in [-0.1, -0.05) is 30.3 Å².